The van der Waals surface area contributed by atoms with Gasteiger partial charge in [0, 0.05) is 18.5 Å². The molecular formula is C8H16F3NS. The molecule has 0 heterocycles. The first kappa shape index (κ1) is 13.1. The van der Waals surface area contributed by atoms with Crippen molar-refractivity contribution >= 4 is 11.9 Å². The highest BCUT2D eigenvalue weighted by Crippen LogP contribution is 2.26. The van der Waals surface area contributed by atoms with Crippen molar-refractivity contribution in [2.24, 2.45) is 0 Å². The van der Waals surface area contributed by atoms with Gasteiger partial charge in [0.2, 0.25) is 0 Å². The Bertz CT molecular complexity index is 116. The van der Waals surface area contributed by atoms with Crippen LogP contribution in [0.5, 0.6) is 0 Å². The topological polar surface area (TPSA) is 12.0 Å². The highest BCUT2D eigenvalue weighted by molar-refractivity contribution is 7.98. The maximum absolute atomic E-state index is 11.6. The van der Waals surface area contributed by atoms with Gasteiger partial charge in [-0.3, -0.25) is 4.72 Å². The lowest BCUT2D eigenvalue weighted by molar-refractivity contribution is -0.0335. The van der Waals surface area contributed by atoms with Crippen molar-refractivity contribution in [2.75, 3.05) is 6.54 Å². The molecule has 0 spiro atoms. The number of nitrogens with one attached hydrogen (secondary N) is 1. The number of hydrogen-bond donors (Lipinski definition) is 1. The second-order valence-corrected chi connectivity index (χ2v) is 3.81. The molecule has 0 aromatic rings. The minimum absolute atomic E-state index is 0.153. The number of halogens is 3. The van der Waals surface area contributed by atoms with Crippen molar-refractivity contribution < 1.29 is 13.2 Å². The summed E-state index contributed by atoms with van der Waals surface area (Å²) in [4.78, 5) is 0. The Hall–Kier alpha value is 0.100. The Balaban J connectivity index is 3.00. The zero-order valence-corrected chi connectivity index (χ0v) is 8.60. The van der Waals surface area contributed by atoms with Crippen LogP contribution in [0.25, 0.3) is 0 Å². The number of rotatable bonds is 7. The fourth-order valence-electron chi connectivity index (χ4n) is 0.934. The lowest BCUT2D eigenvalue weighted by atomic mass is 10.2. The van der Waals surface area contributed by atoms with Crippen molar-refractivity contribution in [1.29, 1.82) is 0 Å². The molecule has 13 heavy (non-hydrogen) atoms. The van der Waals surface area contributed by atoms with Crippen LogP contribution in [0.1, 0.15) is 39.0 Å². The van der Waals surface area contributed by atoms with Crippen LogP contribution in [0.3, 0.4) is 0 Å². The van der Waals surface area contributed by atoms with E-state index in [1.165, 1.54) is 6.42 Å². The van der Waals surface area contributed by atoms with E-state index in [-0.39, 0.29) is 11.9 Å². The minimum atomic E-state index is -4.15. The third-order valence-corrected chi connectivity index (χ3v) is 2.15. The molecule has 0 saturated carbocycles. The average Bonchev–Trinajstić information content (AvgIpc) is 2.01. The number of alkyl halides is 3. The molecule has 1 nitrogen and oxygen atoms in total. The second-order valence-electron chi connectivity index (χ2n) is 2.86. The van der Waals surface area contributed by atoms with E-state index < -0.39 is 5.51 Å². The van der Waals surface area contributed by atoms with Crippen LogP contribution in [0.4, 0.5) is 13.2 Å². The smallest absolute Gasteiger partial charge is 0.257 e. The highest BCUT2D eigenvalue weighted by atomic mass is 32.2. The van der Waals surface area contributed by atoms with E-state index in [4.69, 9.17) is 0 Å². The average molecular weight is 215 g/mol. The molecular weight excluding hydrogens is 199 g/mol. The highest BCUT2D eigenvalue weighted by Gasteiger charge is 2.27. The molecule has 0 atom stereocenters. The molecule has 0 aliphatic carbocycles. The van der Waals surface area contributed by atoms with Crippen molar-refractivity contribution in [1.82, 2.24) is 4.72 Å². The maximum Gasteiger partial charge on any atom is 0.456 e. The molecule has 0 bridgehead atoms. The normalized spacial score (nSPS) is 12.0. The predicted molar refractivity (Wildman–Crippen MR) is 50.4 cm³/mol. The fourth-order valence-corrected chi connectivity index (χ4v) is 1.34. The first-order valence-corrected chi connectivity index (χ1v) is 5.35. The molecule has 0 aromatic carbocycles. The molecule has 0 saturated heterocycles. The Morgan fingerprint density at radius 1 is 1.08 bits per heavy atom. The van der Waals surface area contributed by atoms with Crippen molar-refractivity contribution in [3.05, 3.63) is 0 Å². The third-order valence-electron chi connectivity index (χ3n) is 1.57. The maximum atomic E-state index is 11.6. The number of unbranched alkanes of at least 4 members (excludes halogenated alkanes) is 4. The van der Waals surface area contributed by atoms with Gasteiger partial charge >= 0.3 is 5.51 Å². The zero-order valence-electron chi connectivity index (χ0n) is 7.78. The van der Waals surface area contributed by atoms with Crippen molar-refractivity contribution in [3.63, 3.8) is 0 Å². The van der Waals surface area contributed by atoms with E-state index in [1.807, 2.05) is 0 Å². The summed E-state index contributed by atoms with van der Waals surface area (Å²) in [6.07, 6.45) is 5.29. The van der Waals surface area contributed by atoms with Gasteiger partial charge in [-0.25, -0.2) is 0 Å². The van der Waals surface area contributed by atoms with Crippen LogP contribution in [-0.2, 0) is 0 Å². The van der Waals surface area contributed by atoms with E-state index in [1.54, 1.807) is 0 Å². The van der Waals surface area contributed by atoms with Crippen LogP contribution in [0.2, 0.25) is 0 Å². The molecule has 0 rings (SSSR count). The lowest BCUT2D eigenvalue weighted by Crippen LogP contribution is -2.14. The zero-order chi connectivity index (χ0) is 10.2. The summed E-state index contributed by atoms with van der Waals surface area (Å²) in [6.45, 7) is 2.55. The van der Waals surface area contributed by atoms with Gasteiger partial charge in [0.25, 0.3) is 0 Å². The van der Waals surface area contributed by atoms with Gasteiger partial charge < -0.3 is 0 Å². The van der Waals surface area contributed by atoms with Crippen LogP contribution in [0, 0.1) is 0 Å². The standard InChI is InChI=1S/C8H16F3NS/c1-2-3-4-5-6-7-12-13-8(9,10)11/h12H,2-7H2,1H3. The first-order valence-electron chi connectivity index (χ1n) is 4.54. The molecule has 1 N–H and O–H groups in total. The Labute approximate surface area is 81.6 Å². The second kappa shape index (κ2) is 7.50. The minimum Gasteiger partial charge on any atom is -0.257 e. The third kappa shape index (κ3) is 12.1. The fraction of sp³-hybridized carbons (Fsp3) is 1.00. The molecule has 0 aliphatic heterocycles. The van der Waals surface area contributed by atoms with Crippen LogP contribution in [-0.4, -0.2) is 12.1 Å². The van der Waals surface area contributed by atoms with Crippen molar-refractivity contribution in [2.45, 2.75) is 44.5 Å². The van der Waals surface area contributed by atoms with Gasteiger partial charge in [-0.05, 0) is 6.42 Å². The summed E-state index contributed by atoms with van der Waals surface area (Å²) >= 11 is -0.153. The van der Waals surface area contributed by atoms with Gasteiger partial charge in [-0.2, -0.15) is 13.2 Å². The van der Waals surface area contributed by atoms with E-state index in [0.29, 0.717) is 6.54 Å². The molecule has 0 aliphatic rings. The van der Waals surface area contributed by atoms with E-state index >= 15 is 0 Å². The predicted octanol–water partition coefficient (Wildman–Crippen LogP) is 3.71. The van der Waals surface area contributed by atoms with Gasteiger partial charge in [0.05, 0.1) is 0 Å². The SMILES string of the molecule is CCCCCCCNSC(F)(F)F. The summed E-state index contributed by atoms with van der Waals surface area (Å²) in [5.74, 6) is 0. The number of hydrogen-bond acceptors (Lipinski definition) is 2. The summed E-state index contributed by atoms with van der Waals surface area (Å²) in [6, 6.07) is 0. The largest absolute Gasteiger partial charge is 0.456 e. The summed E-state index contributed by atoms with van der Waals surface area (Å²) < 4.78 is 37.1. The Kier molecular flexibility index (Phi) is 7.56. The molecule has 5 heteroatoms. The lowest BCUT2D eigenvalue weighted by Gasteiger charge is -2.06. The molecule has 0 amide bonds. The van der Waals surface area contributed by atoms with Gasteiger partial charge in [0.1, 0.15) is 0 Å². The molecule has 0 radical (unpaired) electrons. The van der Waals surface area contributed by atoms with Gasteiger partial charge in [-0.1, -0.05) is 32.6 Å². The van der Waals surface area contributed by atoms with Crippen molar-refractivity contribution in [3.8, 4) is 0 Å². The monoisotopic (exact) mass is 215 g/mol. The van der Waals surface area contributed by atoms with Gasteiger partial charge in [-0.15, -0.1) is 0 Å². The summed E-state index contributed by atoms with van der Waals surface area (Å²) in [7, 11) is 0. The van der Waals surface area contributed by atoms with E-state index in [2.05, 4.69) is 11.6 Å². The Morgan fingerprint density at radius 2 is 1.69 bits per heavy atom. The van der Waals surface area contributed by atoms with Crippen LogP contribution in [0.15, 0.2) is 0 Å². The summed E-state index contributed by atoms with van der Waals surface area (Å²) in [5, 5.41) is 0. The van der Waals surface area contributed by atoms with E-state index in [9.17, 15) is 13.2 Å². The Morgan fingerprint density at radius 3 is 2.23 bits per heavy atom. The van der Waals surface area contributed by atoms with E-state index in [0.717, 1.165) is 25.7 Å². The summed E-state index contributed by atoms with van der Waals surface area (Å²) in [5.41, 5.74) is -4.15. The van der Waals surface area contributed by atoms with Crippen LogP contribution < -0.4 is 4.72 Å². The molecule has 0 fully saturated rings. The van der Waals surface area contributed by atoms with Crippen LogP contribution >= 0.6 is 11.9 Å². The first-order chi connectivity index (χ1) is 6.06. The molecule has 80 valence electrons. The quantitative estimate of drug-likeness (QED) is 0.513. The molecule has 0 unspecified atom stereocenters. The molecule has 0 aromatic heterocycles. The van der Waals surface area contributed by atoms with Gasteiger partial charge in [0.15, 0.2) is 0 Å².